The van der Waals surface area contributed by atoms with E-state index in [1.54, 1.807) is 0 Å². The number of nitrogens with zero attached hydrogens (tertiary/aromatic N) is 2. The molecule has 0 amide bonds. The lowest BCUT2D eigenvalue weighted by molar-refractivity contribution is -0.127. The Kier molecular flexibility index (Phi) is 3.85. The van der Waals surface area contributed by atoms with Gasteiger partial charge in [0.25, 0.3) is 0 Å². The van der Waals surface area contributed by atoms with Crippen molar-refractivity contribution in [1.82, 2.24) is 10.1 Å². The van der Waals surface area contributed by atoms with Crippen LogP contribution in [0.2, 0.25) is 0 Å². The molecule has 20 heavy (non-hydrogen) atoms. The molecule has 1 aliphatic carbocycles. The largest absolute Gasteiger partial charge is 0.380 e. The van der Waals surface area contributed by atoms with Crippen LogP contribution in [0.5, 0.6) is 0 Å². The Morgan fingerprint density at radius 2 is 2.20 bits per heavy atom. The molecule has 0 N–H and O–H groups in total. The molecular formula is C14H20N2O4. The SMILES string of the molecule is CCOC1(c2noc(C3COCCC3=O)n2)CCCC1. The van der Waals surface area contributed by atoms with Gasteiger partial charge in [0.2, 0.25) is 11.7 Å². The van der Waals surface area contributed by atoms with Crippen LogP contribution in [0.15, 0.2) is 4.52 Å². The molecule has 2 heterocycles. The van der Waals surface area contributed by atoms with Crippen molar-refractivity contribution in [3.8, 4) is 0 Å². The molecule has 0 bridgehead atoms. The summed E-state index contributed by atoms with van der Waals surface area (Å²) in [7, 11) is 0. The third-order valence-corrected chi connectivity index (χ3v) is 4.15. The summed E-state index contributed by atoms with van der Waals surface area (Å²) in [5.74, 6) is 0.661. The minimum Gasteiger partial charge on any atom is -0.380 e. The molecule has 1 atom stereocenters. The number of Topliss-reactive ketones (excluding diaryl/α,β-unsaturated/α-hetero) is 1. The highest BCUT2D eigenvalue weighted by atomic mass is 16.5. The molecule has 0 aromatic carbocycles. The summed E-state index contributed by atoms with van der Waals surface area (Å²) in [4.78, 5) is 16.3. The first-order valence-electron chi connectivity index (χ1n) is 7.34. The summed E-state index contributed by atoms with van der Waals surface area (Å²) in [6, 6.07) is 0. The van der Waals surface area contributed by atoms with Gasteiger partial charge >= 0.3 is 0 Å². The Balaban J connectivity index is 1.83. The zero-order valence-corrected chi connectivity index (χ0v) is 11.8. The number of hydrogen-bond acceptors (Lipinski definition) is 6. The van der Waals surface area contributed by atoms with Crippen LogP contribution in [-0.2, 0) is 19.9 Å². The first-order chi connectivity index (χ1) is 9.75. The number of ether oxygens (including phenoxy) is 2. The van der Waals surface area contributed by atoms with Gasteiger partial charge in [0.1, 0.15) is 17.3 Å². The van der Waals surface area contributed by atoms with Gasteiger partial charge in [-0.3, -0.25) is 4.79 Å². The molecule has 1 saturated heterocycles. The predicted molar refractivity (Wildman–Crippen MR) is 69.3 cm³/mol. The van der Waals surface area contributed by atoms with Crippen LogP contribution in [0.25, 0.3) is 0 Å². The lowest BCUT2D eigenvalue weighted by Gasteiger charge is -2.24. The quantitative estimate of drug-likeness (QED) is 0.839. The highest BCUT2D eigenvalue weighted by Crippen LogP contribution is 2.41. The molecule has 2 fully saturated rings. The molecule has 0 radical (unpaired) electrons. The summed E-state index contributed by atoms with van der Waals surface area (Å²) in [6.45, 7) is 3.41. The topological polar surface area (TPSA) is 74.5 Å². The Hall–Kier alpha value is -1.27. The van der Waals surface area contributed by atoms with Gasteiger partial charge in [-0.1, -0.05) is 5.16 Å². The van der Waals surface area contributed by atoms with Crippen LogP contribution in [0.3, 0.4) is 0 Å². The molecule has 1 unspecified atom stereocenters. The molecule has 2 aliphatic rings. The predicted octanol–water partition coefficient (Wildman–Crippen LogP) is 1.95. The van der Waals surface area contributed by atoms with Gasteiger partial charge in [0, 0.05) is 13.0 Å². The molecule has 6 heteroatoms. The summed E-state index contributed by atoms with van der Waals surface area (Å²) in [6.07, 6.45) is 4.45. The molecule has 0 spiro atoms. The first kappa shape index (κ1) is 13.7. The van der Waals surface area contributed by atoms with Crippen LogP contribution in [0, 0.1) is 0 Å². The second kappa shape index (κ2) is 5.61. The van der Waals surface area contributed by atoms with E-state index in [4.69, 9.17) is 14.0 Å². The van der Waals surface area contributed by atoms with Crippen molar-refractivity contribution in [2.24, 2.45) is 0 Å². The van der Waals surface area contributed by atoms with Gasteiger partial charge < -0.3 is 14.0 Å². The van der Waals surface area contributed by atoms with E-state index in [0.717, 1.165) is 25.7 Å². The Morgan fingerprint density at radius 1 is 1.40 bits per heavy atom. The zero-order chi connectivity index (χ0) is 14.0. The van der Waals surface area contributed by atoms with Crippen LogP contribution < -0.4 is 0 Å². The van der Waals surface area contributed by atoms with Gasteiger partial charge in [-0.05, 0) is 32.6 Å². The number of ketones is 1. The summed E-state index contributed by atoms with van der Waals surface area (Å²) in [5.41, 5.74) is -0.422. The van der Waals surface area contributed by atoms with E-state index in [9.17, 15) is 4.79 Å². The molecular weight excluding hydrogens is 260 g/mol. The highest BCUT2D eigenvalue weighted by molar-refractivity contribution is 5.85. The average Bonchev–Trinajstić information content (AvgIpc) is 3.09. The number of rotatable bonds is 4. The summed E-state index contributed by atoms with van der Waals surface area (Å²) >= 11 is 0. The van der Waals surface area contributed by atoms with Crippen molar-refractivity contribution in [3.05, 3.63) is 11.7 Å². The summed E-state index contributed by atoms with van der Waals surface area (Å²) in [5, 5.41) is 4.08. The Labute approximate surface area is 117 Å². The molecule has 6 nitrogen and oxygen atoms in total. The van der Waals surface area contributed by atoms with E-state index in [0.29, 0.717) is 38.0 Å². The van der Waals surface area contributed by atoms with Crippen molar-refractivity contribution < 1.29 is 18.8 Å². The number of carbonyl (C=O) groups excluding carboxylic acids is 1. The lowest BCUT2D eigenvalue weighted by atomic mass is 9.99. The minimum atomic E-state index is -0.422. The van der Waals surface area contributed by atoms with E-state index in [1.165, 1.54) is 0 Å². The second-order valence-corrected chi connectivity index (χ2v) is 5.43. The fourth-order valence-corrected chi connectivity index (χ4v) is 3.07. The van der Waals surface area contributed by atoms with Gasteiger partial charge in [0.05, 0.1) is 13.2 Å². The number of carbonyl (C=O) groups is 1. The fourth-order valence-electron chi connectivity index (χ4n) is 3.07. The van der Waals surface area contributed by atoms with Gasteiger partial charge in [-0.15, -0.1) is 0 Å². The lowest BCUT2D eigenvalue weighted by Crippen LogP contribution is -2.28. The van der Waals surface area contributed by atoms with Gasteiger partial charge in [-0.25, -0.2) is 0 Å². The van der Waals surface area contributed by atoms with Crippen LogP contribution in [-0.4, -0.2) is 35.7 Å². The van der Waals surface area contributed by atoms with Crippen molar-refractivity contribution in [2.45, 2.75) is 50.5 Å². The Bertz CT molecular complexity index is 479. The molecule has 1 aromatic rings. The second-order valence-electron chi connectivity index (χ2n) is 5.43. The van der Waals surface area contributed by atoms with Crippen molar-refractivity contribution >= 4 is 5.78 Å². The molecule has 1 aromatic heterocycles. The maximum atomic E-state index is 11.9. The van der Waals surface area contributed by atoms with E-state index in [-0.39, 0.29) is 5.78 Å². The van der Waals surface area contributed by atoms with Crippen molar-refractivity contribution in [3.63, 3.8) is 0 Å². The molecule has 110 valence electrons. The fraction of sp³-hybridized carbons (Fsp3) is 0.786. The van der Waals surface area contributed by atoms with E-state index < -0.39 is 11.5 Å². The van der Waals surface area contributed by atoms with Crippen LogP contribution >= 0.6 is 0 Å². The normalized spacial score (nSPS) is 26.1. The standard InChI is InChI=1S/C14H20N2O4/c1-2-19-14(6-3-4-7-14)13-15-12(20-16-13)10-9-18-8-5-11(10)17/h10H,2-9H2,1H3. The smallest absolute Gasteiger partial charge is 0.239 e. The number of hydrogen-bond donors (Lipinski definition) is 0. The van der Waals surface area contributed by atoms with Crippen molar-refractivity contribution in [2.75, 3.05) is 19.8 Å². The third kappa shape index (κ3) is 2.38. The maximum absolute atomic E-state index is 11.9. The van der Waals surface area contributed by atoms with Gasteiger partial charge in [0.15, 0.2) is 0 Å². The van der Waals surface area contributed by atoms with E-state index >= 15 is 0 Å². The minimum absolute atomic E-state index is 0.114. The molecule has 1 aliphatic heterocycles. The molecule has 3 rings (SSSR count). The van der Waals surface area contributed by atoms with Crippen LogP contribution in [0.4, 0.5) is 0 Å². The number of aromatic nitrogens is 2. The third-order valence-electron chi connectivity index (χ3n) is 4.15. The first-order valence-corrected chi connectivity index (χ1v) is 7.34. The average molecular weight is 280 g/mol. The van der Waals surface area contributed by atoms with Crippen LogP contribution in [0.1, 0.15) is 56.7 Å². The van der Waals surface area contributed by atoms with E-state index in [2.05, 4.69) is 10.1 Å². The van der Waals surface area contributed by atoms with Crippen molar-refractivity contribution in [1.29, 1.82) is 0 Å². The highest BCUT2D eigenvalue weighted by Gasteiger charge is 2.42. The maximum Gasteiger partial charge on any atom is 0.239 e. The van der Waals surface area contributed by atoms with Gasteiger partial charge in [-0.2, -0.15) is 4.98 Å². The Morgan fingerprint density at radius 3 is 2.90 bits per heavy atom. The monoisotopic (exact) mass is 280 g/mol. The zero-order valence-electron chi connectivity index (χ0n) is 11.8. The summed E-state index contributed by atoms with van der Waals surface area (Å²) < 4.78 is 16.6. The molecule has 1 saturated carbocycles. The van der Waals surface area contributed by atoms with E-state index in [1.807, 2.05) is 6.92 Å².